The molecule has 0 aliphatic heterocycles. The Labute approximate surface area is 172 Å². The highest BCUT2D eigenvalue weighted by Gasteiger charge is 2.73. The van der Waals surface area contributed by atoms with Crippen molar-refractivity contribution in [3.8, 4) is 11.5 Å². The maximum Gasteiger partial charge on any atom is 0.177 e. The molecule has 4 unspecified atom stereocenters. The van der Waals surface area contributed by atoms with Crippen molar-refractivity contribution in [3.05, 3.63) is 46.1 Å². The van der Waals surface area contributed by atoms with Crippen LogP contribution in [-0.2, 0) is 10.2 Å². The Morgan fingerprint density at radius 2 is 1.86 bits per heavy atom. The third-order valence-corrected chi connectivity index (χ3v) is 7.73. The highest BCUT2D eigenvalue weighted by molar-refractivity contribution is 6.22. The van der Waals surface area contributed by atoms with Gasteiger partial charge in [-0.2, -0.15) is 0 Å². The van der Waals surface area contributed by atoms with E-state index in [0.29, 0.717) is 12.0 Å². The van der Waals surface area contributed by atoms with Crippen molar-refractivity contribution in [1.82, 2.24) is 0 Å². The zero-order valence-corrected chi connectivity index (χ0v) is 17.9. The number of hydrogen-bond donors (Lipinski definition) is 2. The number of rotatable bonds is 3. The van der Waals surface area contributed by atoms with Gasteiger partial charge in [-0.15, -0.1) is 0 Å². The lowest BCUT2D eigenvalue weighted by atomic mass is 9.66. The Bertz CT molecular complexity index is 990. The molecule has 0 heterocycles. The van der Waals surface area contributed by atoms with Gasteiger partial charge in [0, 0.05) is 6.07 Å². The van der Waals surface area contributed by atoms with Crippen LogP contribution in [0.15, 0.2) is 34.9 Å². The lowest BCUT2D eigenvalue weighted by Crippen LogP contribution is -2.42. The standard InChI is InChI=1S/C25H30O4/c1-13(2)7-6-8-24(5)19-9-15(14(3)4)12-25(19)17-10-16(26)11-18(27)20(17)22(28)21(24)23(25)29/h7,10-11,19,21,26-27H,6,8-9,12H2,1-5H3. The quantitative estimate of drug-likeness (QED) is 0.544. The molecule has 4 heteroatoms. The second-order valence-corrected chi connectivity index (χ2v) is 9.88. The van der Waals surface area contributed by atoms with Crippen molar-refractivity contribution < 1.29 is 19.8 Å². The predicted molar refractivity (Wildman–Crippen MR) is 112 cm³/mol. The minimum absolute atomic E-state index is 0.00522. The molecule has 0 amide bonds. The van der Waals surface area contributed by atoms with Crippen LogP contribution >= 0.6 is 0 Å². The number of carbonyl (C=O) groups is 2. The van der Waals surface area contributed by atoms with Crippen molar-refractivity contribution in [3.63, 3.8) is 0 Å². The first-order valence-corrected chi connectivity index (χ1v) is 10.5. The van der Waals surface area contributed by atoms with Crippen molar-refractivity contribution in [2.24, 2.45) is 17.3 Å². The van der Waals surface area contributed by atoms with E-state index in [1.807, 2.05) is 0 Å². The maximum atomic E-state index is 13.8. The van der Waals surface area contributed by atoms with E-state index in [1.54, 1.807) is 6.07 Å². The SMILES string of the molecule is CC(C)=CCCC1(C)C2C(=O)c3c(O)cc(O)cc3C3(CC(=C(C)C)CC31)C2=O. The van der Waals surface area contributed by atoms with E-state index >= 15 is 0 Å². The third-order valence-electron chi connectivity index (χ3n) is 7.73. The Morgan fingerprint density at radius 1 is 1.17 bits per heavy atom. The predicted octanol–water partition coefficient (Wildman–Crippen LogP) is 5.23. The Morgan fingerprint density at radius 3 is 2.48 bits per heavy atom. The smallest absolute Gasteiger partial charge is 0.177 e. The van der Waals surface area contributed by atoms with Gasteiger partial charge in [0.2, 0.25) is 0 Å². The number of ketones is 2. The number of phenolic OH excluding ortho intramolecular Hbond substituents is 2. The number of Topliss-reactive ketones (excluding diaryl/α,β-unsaturated/α-hetero) is 2. The molecule has 3 aliphatic rings. The Balaban J connectivity index is 1.97. The molecular weight excluding hydrogens is 364 g/mol. The molecule has 0 radical (unpaired) electrons. The van der Waals surface area contributed by atoms with Gasteiger partial charge in [-0.3, -0.25) is 9.59 Å². The van der Waals surface area contributed by atoms with E-state index < -0.39 is 16.7 Å². The first-order chi connectivity index (χ1) is 13.5. The number of aromatic hydroxyl groups is 2. The average molecular weight is 395 g/mol. The van der Waals surface area contributed by atoms with Crippen LogP contribution in [0, 0.1) is 17.3 Å². The normalized spacial score (nSPS) is 32.2. The fourth-order valence-electron chi connectivity index (χ4n) is 6.34. The minimum atomic E-state index is -0.823. The van der Waals surface area contributed by atoms with Crippen LogP contribution in [0.2, 0.25) is 0 Å². The first-order valence-electron chi connectivity index (χ1n) is 10.5. The highest BCUT2D eigenvalue weighted by Crippen LogP contribution is 2.70. The molecule has 2 bridgehead atoms. The number of hydrogen-bond acceptors (Lipinski definition) is 4. The van der Waals surface area contributed by atoms with Crippen molar-refractivity contribution >= 4 is 11.6 Å². The maximum absolute atomic E-state index is 13.8. The average Bonchev–Trinajstić information content (AvgIpc) is 3.06. The van der Waals surface area contributed by atoms with Crippen LogP contribution in [0.5, 0.6) is 11.5 Å². The van der Waals surface area contributed by atoms with Gasteiger partial charge in [0.1, 0.15) is 11.5 Å². The largest absolute Gasteiger partial charge is 0.508 e. The molecule has 1 aromatic carbocycles. The molecule has 1 spiro atoms. The molecule has 2 fully saturated rings. The Kier molecular flexibility index (Phi) is 4.34. The third kappa shape index (κ3) is 2.50. The molecule has 29 heavy (non-hydrogen) atoms. The number of allylic oxidation sites excluding steroid dienone is 4. The summed E-state index contributed by atoms with van der Waals surface area (Å²) in [5, 5.41) is 20.7. The summed E-state index contributed by atoms with van der Waals surface area (Å²) < 4.78 is 0. The minimum Gasteiger partial charge on any atom is -0.508 e. The number of fused-ring (bicyclic) bond motifs is 2. The van der Waals surface area contributed by atoms with Crippen molar-refractivity contribution in [1.29, 1.82) is 0 Å². The van der Waals surface area contributed by atoms with E-state index in [0.717, 1.165) is 19.3 Å². The van der Waals surface area contributed by atoms with E-state index in [1.165, 1.54) is 22.8 Å². The second kappa shape index (κ2) is 6.32. The van der Waals surface area contributed by atoms with Gasteiger partial charge >= 0.3 is 0 Å². The molecule has 154 valence electrons. The summed E-state index contributed by atoms with van der Waals surface area (Å²) in [6, 6.07) is 2.76. The van der Waals surface area contributed by atoms with Gasteiger partial charge in [-0.05, 0) is 76.3 Å². The van der Waals surface area contributed by atoms with Crippen LogP contribution < -0.4 is 0 Å². The van der Waals surface area contributed by atoms with Gasteiger partial charge in [0.05, 0.1) is 16.9 Å². The van der Waals surface area contributed by atoms with Crippen LogP contribution in [0.25, 0.3) is 0 Å². The van der Waals surface area contributed by atoms with Crippen molar-refractivity contribution in [2.45, 2.75) is 65.7 Å². The van der Waals surface area contributed by atoms with E-state index in [-0.39, 0.29) is 34.5 Å². The molecule has 0 aromatic heterocycles. The first kappa shape index (κ1) is 19.9. The summed E-state index contributed by atoms with van der Waals surface area (Å²) in [7, 11) is 0. The van der Waals surface area contributed by atoms with Crippen LogP contribution in [0.1, 0.15) is 76.2 Å². The zero-order valence-electron chi connectivity index (χ0n) is 17.9. The summed E-state index contributed by atoms with van der Waals surface area (Å²) >= 11 is 0. The summed E-state index contributed by atoms with van der Waals surface area (Å²) in [5.74, 6) is -1.33. The fraction of sp³-hybridized carbons (Fsp3) is 0.520. The fourth-order valence-corrected chi connectivity index (χ4v) is 6.34. The van der Waals surface area contributed by atoms with Crippen LogP contribution in [-0.4, -0.2) is 21.8 Å². The van der Waals surface area contributed by atoms with Gasteiger partial charge in [-0.1, -0.05) is 29.7 Å². The Hall–Kier alpha value is -2.36. The monoisotopic (exact) mass is 394 g/mol. The number of benzene rings is 1. The molecule has 4 atom stereocenters. The summed E-state index contributed by atoms with van der Waals surface area (Å²) in [6.07, 6.45) is 5.11. The molecule has 4 nitrogen and oxygen atoms in total. The van der Waals surface area contributed by atoms with Crippen LogP contribution in [0.3, 0.4) is 0 Å². The zero-order chi connectivity index (χ0) is 21.3. The lowest BCUT2D eigenvalue weighted by molar-refractivity contribution is -0.125. The van der Waals surface area contributed by atoms with E-state index in [9.17, 15) is 19.8 Å². The van der Waals surface area contributed by atoms with Crippen molar-refractivity contribution in [2.75, 3.05) is 0 Å². The van der Waals surface area contributed by atoms with Crippen LogP contribution in [0.4, 0.5) is 0 Å². The number of carbonyl (C=O) groups excluding carboxylic acids is 2. The lowest BCUT2D eigenvalue weighted by Gasteiger charge is -2.35. The summed E-state index contributed by atoms with van der Waals surface area (Å²) in [6.45, 7) is 10.4. The topological polar surface area (TPSA) is 74.6 Å². The molecule has 2 saturated carbocycles. The number of phenols is 2. The molecule has 1 aromatic rings. The molecule has 4 rings (SSSR count). The highest BCUT2D eigenvalue weighted by atomic mass is 16.3. The van der Waals surface area contributed by atoms with Gasteiger partial charge in [0.15, 0.2) is 11.6 Å². The molecule has 3 aliphatic carbocycles. The van der Waals surface area contributed by atoms with E-state index in [4.69, 9.17) is 0 Å². The second-order valence-electron chi connectivity index (χ2n) is 9.88. The van der Waals surface area contributed by atoms with Gasteiger partial charge in [-0.25, -0.2) is 0 Å². The summed E-state index contributed by atoms with van der Waals surface area (Å²) in [5.41, 5.74) is 3.19. The summed E-state index contributed by atoms with van der Waals surface area (Å²) in [4.78, 5) is 27.3. The van der Waals surface area contributed by atoms with Gasteiger partial charge in [0.25, 0.3) is 0 Å². The van der Waals surface area contributed by atoms with E-state index in [2.05, 4.69) is 40.7 Å². The van der Waals surface area contributed by atoms with Gasteiger partial charge < -0.3 is 10.2 Å². The molecular formula is C25H30O4. The molecule has 0 saturated heterocycles. The molecule has 2 N–H and O–H groups in total.